The summed E-state index contributed by atoms with van der Waals surface area (Å²) in [6, 6.07) is 8.01. The first-order chi connectivity index (χ1) is 9.73. The Morgan fingerprint density at radius 3 is 2.52 bits per heavy atom. The van der Waals surface area contributed by atoms with Crippen molar-refractivity contribution in [3.8, 4) is 5.75 Å². The molecule has 21 heavy (non-hydrogen) atoms. The van der Waals surface area contributed by atoms with E-state index in [1.807, 2.05) is 39.2 Å². The molecule has 0 amide bonds. The van der Waals surface area contributed by atoms with Gasteiger partial charge in [-0.2, -0.15) is 0 Å². The summed E-state index contributed by atoms with van der Waals surface area (Å²) in [5, 5.41) is 3.29. The largest absolute Gasteiger partial charge is 0.497 e. The lowest BCUT2D eigenvalue weighted by Gasteiger charge is -2.27. The zero-order valence-electron chi connectivity index (χ0n) is 13.5. The average Bonchev–Trinajstić information content (AvgIpc) is 2.36. The lowest BCUT2D eigenvalue weighted by Crippen LogP contribution is -2.38. The van der Waals surface area contributed by atoms with E-state index in [4.69, 9.17) is 4.74 Å². The first-order valence-corrected chi connectivity index (χ1v) is 9.00. The Morgan fingerprint density at radius 1 is 1.33 bits per heavy atom. The van der Waals surface area contributed by atoms with Crippen molar-refractivity contribution in [2.75, 3.05) is 39.8 Å². The van der Waals surface area contributed by atoms with Crippen LogP contribution in [0.5, 0.6) is 5.75 Å². The van der Waals surface area contributed by atoms with Crippen molar-refractivity contribution < 1.29 is 13.2 Å². The van der Waals surface area contributed by atoms with Crippen LogP contribution in [-0.4, -0.2) is 59.1 Å². The second kappa shape index (κ2) is 7.77. The summed E-state index contributed by atoms with van der Waals surface area (Å²) in [5.74, 6) is 0.967. The van der Waals surface area contributed by atoms with E-state index in [0.29, 0.717) is 6.54 Å². The van der Waals surface area contributed by atoms with Crippen molar-refractivity contribution in [2.24, 2.45) is 0 Å². The highest BCUT2D eigenvalue weighted by Crippen LogP contribution is 2.22. The molecule has 0 saturated heterocycles. The molecular formula is C15H26N2O3S. The standard InChI is InChI=1S/C15H26N2O3S/c1-12(11-21(5,18)19)16-10-15(17(2)3)13-7-6-8-14(9-13)20-4/h6-9,12,15-16H,10-11H2,1-5H3. The molecule has 1 aromatic carbocycles. The Labute approximate surface area is 128 Å². The molecule has 0 heterocycles. The average molecular weight is 314 g/mol. The molecule has 5 nitrogen and oxygen atoms in total. The van der Waals surface area contributed by atoms with Gasteiger partial charge < -0.3 is 15.0 Å². The fraction of sp³-hybridized carbons (Fsp3) is 0.600. The third-order valence-corrected chi connectivity index (χ3v) is 4.42. The molecule has 2 unspecified atom stereocenters. The van der Waals surface area contributed by atoms with Gasteiger partial charge in [-0.25, -0.2) is 8.42 Å². The second-order valence-corrected chi connectivity index (χ2v) is 7.84. The Bertz CT molecular complexity index is 544. The lowest BCUT2D eigenvalue weighted by atomic mass is 10.1. The van der Waals surface area contributed by atoms with E-state index in [2.05, 4.69) is 16.3 Å². The smallest absolute Gasteiger partial charge is 0.148 e. The van der Waals surface area contributed by atoms with Crippen LogP contribution < -0.4 is 10.1 Å². The van der Waals surface area contributed by atoms with Crippen molar-refractivity contribution in [2.45, 2.75) is 19.0 Å². The molecule has 0 saturated carbocycles. The number of benzene rings is 1. The maximum Gasteiger partial charge on any atom is 0.148 e. The zero-order valence-corrected chi connectivity index (χ0v) is 14.3. The summed E-state index contributed by atoms with van der Waals surface area (Å²) in [4.78, 5) is 2.11. The number of nitrogens with one attached hydrogen (secondary N) is 1. The SMILES string of the molecule is COc1cccc(C(CNC(C)CS(C)(=O)=O)N(C)C)c1. The van der Waals surface area contributed by atoms with E-state index in [1.165, 1.54) is 6.26 Å². The van der Waals surface area contributed by atoms with Crippen molar-refractivity contribution >= 4 is 9.84 Å². The van der Waals surface area contributed by atoms with E-state index in [0.717, 1.165) is 11.3 Å². The summed E-state index contributed by atoms with van der Waals surface area (Å²) in [6.07, 6.45) is 1.26. The molecule has 0 radical (unpaired) electrons. The number of nitrogens with zero attached hydrogens (tertiary/aromatic N) is 1. The van der Waals surface area contributed by atoms with Gasteiger partial charge in [0, 0.05) is 24.9 Å². The minimum absolute atomic E-state index is 0.0759. The summed E-state index contributed by atoms with van der Waals surface area (Å²) < 4.78 is 27.9. The van der Waals surface area contributed by atoms with Crippen molar-refractivity contribution in [3.63, 3.8) is 0 Å². The quantitative estimate of drug-likeness (QED) is 0.784. The Morgan fingerprint density at radius 2 is 2.00 bits per heavy atom. The van der Waals surface area contributed by atoms with E-state index in [1.54, 1.807) is 7.11 Å². The van der Waals surface area contributed by atoms with E-state index >= 15 is 0 Å². The number of likely N-dealkylation sites (N-methyl/N-ethyl adjacent to an activating group) is 1. The van der Waals surface area contributed by atoms with Gasteiger partial charge in [0.1, 0.15) is 15.6 Å². The van der Waals surface area contributed by atoms with Crippen molar-refractivity contribution in [1.82, 2.24) is 10.2 Å². The minimum Gasteiger partial charge on any atom is -0.497 e. The molecular weight excluding hydrogens is 288 g/mol. The third kappa shape index (κ3) is 6.46. The molecule has 0 aliphatic rings. The molecule has 0 aliphatic heterocycles. The van der Waals surface area contributed by atoms with Gasteiger partial charge >= 0.3 is 0 Å². The molecule has 0 spiro atoms. The molecule has 120 valence electrons. The van der Waals surface area contributed by atoms with E-state index in [-0.39, 0.29) is 17.8 Å². The highest BCUT2D eigenvalue weighted by Gasteiger charge is 2.17. The van der Waals surface area contributed by atoms with Gasteiger partial charge in [-0.3, -0.25) is 0 Å². The predicted octanol–water partition coefficient (Wildman–Crippen LogP) is 1.32. The monoisotopic (exact) mass is 314 g/mol. The maximum absolute atomic E-state index is 11.3. The van der Waals surface area contributed by atoms with Crippen molar-refractivity contribution in [3.05, 3.63) is 29.8 Å². The molecule has 0 bridgehead atoms. The Balaban J connectivity index is 2.74. The van der Waals surface area contributed by atoms with Gasteiger partial charge in [-0.05, 0) is 38.7 Å². The number of hydrogen-bond donors (Lipinski definition) is 1. The molecule has 1 N–H and O–H groups in total. The fourth-order valence-electron chi connectivity index (χ4n) is 2.27. The lowest BCUT2D eigenvalue weighted by molar-refractivity contribution is 0.282. The van der Waals surface area contributed by atoms with Crippen LogP contribution in [0, 0.1) is 0 Å². The third-order valence-electron chi connectivity index (χ3n) is 3.31. The van der Waals surface area contributed by atoms with Gasteiger partial charge in [-0.15, -0.1) is 0 Å². The van der Waals surface area contributed by atoms with Gasteiger partial charge in [0.05, 0.1) is 12.9 Å². The number of methoxy groups -OCH3 is 1. The Kier molecular flexibility index (Phi) is 6.64. The summed E-state index contributed by atoms with van der Waals surface area (Å²) in [6.45, 7) is 2.57. The molecule has 2 atom stereocenters. The zero-order chi connectivity index (χ0) is 16.0. The molecule has 1 rings (SSSR count). The van der Waals surface area contributed by atoms with Crippen LogP contribution in [0.3, 0.4) is 0 Å². The van der Waals surface area contributed by atoms with Crippen LogP contribution >= 0.6 is 0 Å². The number of sulfone groups is 1. The van der Waals surface area contributed by atoms with Crippen LogP contribution in [0.2, 0.25) is 0 Å². The molecule has 0 aromatic heterocycles. The first kappa shape index (κ1) is 17.9. The van der Waals surface area contributed by atoms with Crippen molar-refractivity contribution in [1.29, 1.82) is 0 Å². The maximum atomic E-state index is 11.3. The van der Waals surface area contributed by atoms with Gasteiger partial charge in [0.25, 0.3) is 0 Å². The number of rotatable bonds is 8. The van der Waals surface area contributed by atoms with Crippen LogP contribution in [0.4, 0.5) is 0 Å². The molecule has 6 heteroatoms. The van der Waals surface area contributed by atoms with E-state index in [9.17, 15) is 8.42 Å². The Hall–Kier alpha value is -1.11. The predicted molar refractivity (Wildman–Crippen MR) is 86.6 cm³/mol. The minimum atomic E-state index is -2.96. The summed E-state index contributed by atoms with van der Waals surface area (Å²) in [5.41, 5.74) is 1.14. The highest BCUT2D eigenvalue weighted by atomic mass is 32.2. The van der Waals surface area contributed by atoms with Gasteiger partial charge in [-0.1, -0.05) is 12.1 Å². The van der Waals surface area contributed by atoms with Crippen LogP contribution in [-0.2, 0) is 9.84 Å². The van der Waals surface area contributed by atoms with Crippen LogP contribution in [0.1, 0.15) is 18.5 Å². The molecule has 0 fully saturated rings. The topological polar surface area (TPSA) is 58.6 Å². The summed E-state index contributed by atoms with van der Waals surface area (Å²) in [7, 11) is 2.70. The second-order valence-electron chi connectivity index (χ2n) is 5.66. The first-order valence-electron chi connectivity index (χ1n) is 6.94. The van der Waals surface area contributed by atoms with E-state index < -0.39 is 9.84 Å². The van der Waals surface area contributed by atoms with Gasteiger partial charge in [0.15, 0.2) is 0 Å². The summed E-state index contributed by atoms with van der Waals surface area (Å²) >= 11 is 0. The fourth-order valence-corrected chi connectivity index (χ4v) is 3.30. The molecule has 1 aromatic rings. The van der Waals surface area contributed by atoms with Crippen LogP contribution in [0.15, 0.2) is 24.3 Å². The number of hydrogen-bond acceptors (Lipinski definition) is 5. The van der Waals surface area contributed by atoms with Crippen LogP contribution in [0.25, 0.3) is 0 Å². The highest BCUT2D eigenvalue weighted by molar-refractivity contribution is 7.90. The molecule has 0 aliphatic carbocycles. The normalized spacial score (nSPS) is 15.0. The van der Waals surface area contributed by atoms with Gasteiger partial charge in [0.2, 0.25) is 0 Å². The number of ether oxygens (including phenoxy) is 1.